The number of hydrogen-bond acceptors (Lipinski definition) is 2. The van der Waals surface area contributed by atoms with Crippen LogP contribution in [-0.2, 0) is 12.8 Å². The van der Waals surface area contributed by atoms with E-state index in [9.17, 15) is 5.11 Å². The minimum Gasteiger partial charge on any atom is -0.395 e. The summed E-state index contributed by atoms with van der Waals surface area (Å²) in [5, 5.41) is 13.3. The van der Waals surface area contributed by atoms with Gasteiger partial charge in [0.25, 0.3) is 0 Å². The second-order valence-electron chi connectivity index (χ2n) is 5.67. The quantitative estimate of drug-likeness (QED) is 0.867. The fourth-order valence-electron chi connectivity index (χ4n) is 3.12. The first kappa shape index (κ1) is 14.8. The van der Waals surface area contributed by atoms with E-state index in [-0.39, 0.29) is 12.6 Å². The van der Waals surface area contributed by atoms with E-state index in [1.165, 1.54) is 16.7 Å². The van der Waals surface area contributed by atoms with Gasteiger partial charge >= 0.3 is 0 Å². The molecule has 0 radical (unpaired) electrons. The van der Waals surface area contributed by atoms with Crippen molar-refractivity contribution in [2.45, 2.75) is 31.3 Å². The highest BCUT2D eigenvalue weighted by Crippen LogP contribution is 2.33. The van der Waals surface area contributed by atoms with Crippen molar-refractivity contribution in [2.24, 2.45) is 0 Å². The summed E-state index contributed by atoms with van der Waals surface area (Å²) in [6, 6.07) is 17.3. The van der Waals surface area contributed by atoms with E-state index in [0.717, 1.165) is 23.7 Å². The Labute approximate surface area is 134 Å². The molecule has 2 aromatic carbocycles. The van der Waals surface area contributed by atoms with Gasteiger partial charge in [-0.25, -0.2) is 0 Å². The van der Waals surface area contributed by atoms with Gasteiger partial charge in [0.2, 0.25) is 0 Å². The number of benzene rings is 2. The monoisotopic (exact) mass is 345 g/mol. The number of aliphatic hydroxyl groups is 1. The molecule has 1 aliphatic rings. The van der Waals surface area contributed by atoms with E-state index in [1.807, 2.05) is 18.2 Å². The third-order valence-electron chi connectivity index (χ3n) is 4.16. The molecule has 21 heavy (non-hydrogen) atoms. The lowest BCUT2D eigenvalue weighted by atomic mass is 10.0. The summed E-state index contributed by atoms with van der Waals surface area (Å²) in [5.41, 5.74) is 4.06. The zero-order valence-electron chi connectivity index (χ0n) is 11.9. The van der Waals surface area contributed by atoms with Crippen LogP contribution in [0.25, 0.3) is 0 Å². The molecule has 110 valence electrons. The van der Waals surface area contributed by atoms with Gasteiger partial charge in [-0.05, 0) is 48.1 Å². The highest BCUT2D eigenvalue weighted by molar-refractivity contribution is 9.10. The zero-order valence-corrected chi connectivity index (χ0v) is 13.5. The van der Waals surface area contributed by atoms with E-state index < -0.39 is 0 Å². The summed E-state index contributed by atoms with van der Waals surface area (Å²) in [6.45, 7) is 0.164. The molecule has 0 spiro atoms. The highest BCUT2D eigenvalue weighted by Gasteiger charge is 2.24. The van der Waals surface area contributed by atoms with Crippen molar-refractivity contribution in [3.05, 3.63) is 69.7 Å². The van der Waals surface area contributed by atoms with E-state index >= 15 is 0 Å². The van der Waals surface area contributed by atoms with E-state index in [2.05, 4.69) is 51.6 Å². The number of rotatable bonds is 5. The van der Waals surface area contributed by atoms with Crippen molar-refractivity contribution < 1.29 is 5.11 Å². The number of fused-ring (bicyclic) bond motifs is 1. The minimum absolute atomic E-state index is 0.104. The second kappa shape index (κ2) is 6.73. The zero-order chi connectivity index (χ0) is 14.7. The fourth-order valence-corrected chi connectivity index (χ4v) is 3.53. The van der Waals surface area contributed by atoms with Crippen LogP contribution in [-0.4, -0.2) is 17.8 Å². The van der Waals surface area contributed by atoms with Gasteiger partial charge in [0.15, 0.2) is 0 Å². The van der Waals surface area contributed by atoms with Crippen LogP contribution in [0.2, 0.25) is 0 Å². The van der Waals surface area contributed by atoms with Crippen LogP contribution < -0.4 is 5.32 Å². The maximum atomic E-state index is 9.67. The summed E-state index contributed by atoms with van der Waals surface area (Å²) >= 11 is 3.53. The van der Waals surface area contributed by atoms with Crippen LogP contribution in [0.15, 0.2) is 53.0 Å². The molecule has 3 heteroatoms. The number of halogens is 1. The van der Waals surface area contributed by atoms with Crippen molar-refractivity contribution in [2.75, 3.05) is 6.61 Å². The van der Waals surface area contributed by atoms with Crippen LogP contribution in [0.3, 0.4) is 0 Å². The van der Waals surface area contributed by atoms with Gasteiger partial charge in [0, 0.05) is 16.6 Å². The Hall–Kier alpha value is -1.16. The maximum Gasteiger partial charge on any atom is 0.0588 e. The smallest absolute Gasteiger partial charge is 0.0588 e. The molecule has 2 N–H and O–H groups in total. The number of aryl methyl sites for hydroxylation is 1. The third-order valence-corrected chi connectivity index (χ3v) is 4.66. The van der Waals surface area contributed by atoms with Crippen molar-refractivity contribution >= 4 is 15.9 Å². The summed E-state index contributed by atoms with van der Waals surface area (Å²) < 4.78 is 1.14. The van der Waals surface area contributed by atoms with Gasteiger partial charge in [-0.2, -0.15) is 0 Å². The second-order valence-corrected chi connectivity index (χ2v) is 6.59. The van der Waals surface area contributed by atoms with Crippen LogP contribution in [0.5, 0.6) is 0 Å². The standard InChI is InChI=1S/C18H20BrNO/c19-15-7-8-17-14(11-15)6-9-18(17)20-16(12-21)10-13-4-2-1-3-5-13/h1-5,7-8,11,16,18,20-21H,6,9-10,12H2/t16-,18?/m0/s1. The van der Waals surface area contributed by atoms with Crippen molar-refractivity contribution in [1.82, 2.24) is 5.32 Å². The number of nitrogens with one attached hydrogen (secondary N) is 1. The molecule has 2 aromatic rings. The molecule has 2 nitrogen and oxygen atoms in total. The Morgan fingerprint density at radius 1 is 1.19 bits per heavy atom. The lowest BCUT2D eigenvalue weighted by molar-refractivity contribution is 0.230. The van der Waals surface area contributed by atoms with Crippen LogP contribution in [0.4, 0.5) is 0 Å². The van der Waals surface area contributed by atoms with E-state index in [0.29, 0.717) is 6.04 Å². The fraction of sp³-hybridized carbons (Fsp3) is 0.333. The van der Waals surface area contributed by atoms with E-state index in [4.69, 9.17) is 0 Å². The van der Waals surface area contributed by atoms with Gasteiger partial charge in [-0.3, -0.25) is 0 Å². The topological polar surface area (TPSA) is 32.3 Å². The summed E-state index contributed by atoms with van der Waals surface area (Å²) in [4.78, 5) is 0. The molecule has 0 aliphatic heterocycles. The summed E-state index contributed by atoms with van der Waals surface area (Å²) in [6.07, 6.45) is 3.08. The lowest BCUT2D eigenvalue weighted by Crippen LogP contribution is -2.36. The molecule has 0 aromatic heterocycles. The van der Waals surface area contributed by atoms with Crippen molar-refractivity contribution in [3.63, 3.8) is 0 Å². The average molecular weight is 346 g/mol. The van der Waals surface area contributed by atoms with Gasteiger partial charge < -0.3 is 10.4 Å². The lowest BCUT2D eigenvalue weighted by Gasteiger charge is -2.22. The normalized spacial score (nSPS) is 18.5. The molecule has 1 unspecified atom stereocenters. The minimum atomic E-state index is 0.104. The van der Waals surface area contributed by atoms with Crippen LogP contribution in [0.1, 0.15) is 29.2 Å². The van der Waals surface area contributed by atoms with Gasteiger partial charge in [-0.15, -0.1) is 0 Å². The highest BCUT2D eigenvalue weighted by atomic mass is 79.9. The average Bonchev–Trinajstić information content (AvgIpc) is 2.89. The molecule has 0 fully saturated rings. The SMILES string of the molecule is OC[C@H](Cc1ccccc1)NC1CCc2cc(Br)ccc21. The van der Waals surface area contributed by atoms with Crippen LogP contribution in [0, 0.1) is 0 Å². The predicted octanol–water partition coefficient (Wildman–Crippen LogP) is 3.63. The van der Waals surface area contributed by atoms with E-state index in [1.54, 1.807) is 0 Å². The molecular weight excluding hydrogens is 326 g/mol. The Kier molecular flexibility index (Phi) is 4.73. The first-order chi connectivity index (χ1) is 10.3. The van der Waals surface area contributed by atoms with Crippen LogP contribution >= 0.6 is 15.9 Å². The molecule has 2 atom stereocenters. The molecule has 3 rings (SSSR count). The first-order valence-corrected chi connectivity index (χ1v) is 8.24. The molecular formula is C18H20BrNO. The molecule has 0 saturated carbocycles. The molecule has 1 aliphatic carbocycles. The Morgan fingerprint density at radius 3 is 2.76 bits per heavy atom. The maximum absolute atomic E-state index is 9.67. The Balaban J connectivity index is 1.69. The summed E-state index contributed by atoms with van der Waals surface area (Å²) in [5.74, 6) is 0. The van der Waals surface area contributed by atoms with Gasteiger partial charge in [0.1, 0.15) is 0 Å². The summed E-state index contributed by atoms with van der Waals surface area (Å²) in [7, 11) is 0. The molecule has 0 heterocycles. The molecule has 0 bridgehead atoms. The number of aliphatic hydroxyl groups excluding tert-OH is 1. The Morgan fingerprint density at radius 2 is 2.00 bits per heavy atom. The van der Waals surface area contributed by atoms with Gasteiger partial charge in [0.05, 0.1) is 6.61 Å². The molecule has 0 saturated heterocycles. The third kappa shape index (κ3) is 3.54. The number of hydrogen-bond donors (Lipinski definition) is 2. The van der Waals surface area contributed by atoms with Gasteiger partial charge in [-0.1, -0.05) is 52.3 Å². The van der Waals surface area contributed by atoms with Crippen molar-refractivity contribution in [3.8, 4) is 0 Å². The largest absolute Gasteiger partial charge is 0.395 e. The molecule has 0 amide bonds. The predicted molar refractivity (Wildman–Crippen MR) is 89.4 cm³/mol. The Bertz CT molecular complexity index is 599. The first-order valence-electron chi connectivity index (χ1n) is 7.45. The van der Waals surface area contributed by atoms with Crippen molar-refractivity contribution in [1.29, 1.82) is 0 Å².